The molecular formula is C24H28N2O3. The predicted octanol–water partition coefficient (Wildman–Crippen LogP) is 4.04. The van der Waals surface area contributed by atoms with E-state index in [1.807, 2.05) is 24.3 Å². The van der Waals surface area contributed by atoms with Crippen LogP contribution in [0.1, 0.15) is 37.0 Å². The van der Waals surface area contributed by atoms with Crippen LogP contribution in [-0.2, 0) is 10.2 Å². The van der Waals surface area contributed by atoms with Crippen molar-refractivity contribution in [1.29, 1.82) is 0 Å². The van der Waals surface area contributed by atoms with Gasteiger partial charge < -0.3 is 19.7 Å². The average Bonchev–Trinajstić information content (AvgIpc) is 2.90. The molecule has 5 heteroatoms. The zero-order valence-corrected chi connectivity index (χ0v) is 17.7. The van der Waals surface area contributed by atoms with Crippen molar-refractivity contribution < 1.29 is 14.3 Å². The number of anilines is 1. The number of amides is 1. The van der Waals surface area contributed by atoms with Crippen molar-refractivity contribution in [1.82, 2.24) is 5.32 Å². The molecule has 1 unspecified atom stereocenters. The van der Waals surface area contributed by atoms with Gasteiger partial charge in [0.15, 0.2) is 0 Å². The maximum absolute atomic E-state index is 12.5. The molecule has 0 aliphatic carbocycles. The Morgan fingerprint density at radius 3 is 2.62 bits per heavy atom. The molecule has 152 valence electrons. The Morgan fingerprint density at radius 2 is 1.90 bits per heavy atom. The van der Waals surface area contributed by atoms with Crippen molar-refractivity contribution in [2.75, 3.05) is 25.7 Å². The Hall–Kier alpha value is -2.95. The van der Waals surface area contributed by atoms with Crippen molar-refractivity contribution >= 4 is 17.7 Å². The van der Waals surface area contributed by atoms with E-state index in [1.165, 1.54) is 16.8 Å². The smallest absolute Gasteiger partial charge is 0.223 e. The lowest BCUT2D eigenvalue weighted by Gasteiger charge is -2.49. The lowest BCUT2D eigenvalue weighted by Crippen LogP contribution is -2.68. The number of methoxy groups -OCH3 is 2. The lowest BCUT2D eigenvalue weighted by atomic mass is 9.74. The maximum Gasteiger partial charge on any atom is 0.223 e. The molecule has 1 atom stereocenters. The molecule has 0 bridgehead atoms. The fraction of sp³-hybridized carbons (Fsp3) is 0.375. The Balaban J connectivity index is 1.83. The van der Waals surface area contributed by atoms with Gasteiger partial charge in [-0.2, -0.15) is 0 Å². The van der Waals surface area contributed by atoms with Crippen molar-refractivity contribution in [3.63, 3.8) is 0 Å². The molecule has 29 heavy (non-hydrogen) atoms. The third-order valence-electron chi connectivity index (χ3n) is 6.33. The first-order valence-corrected chi connectivity index (χ1v) is 9.93. The van der Waals surface area contributed by atoms with Gasteiger partial charge in [0.25, 0.3) is 0 Å². The molecule has 4 rings (SSSR count). The molecule has 2 aliphatic rings. The number of benzene rings is 2. The number of nitrogens with one attached hydrogen (secondary N) is 1. The molecule has 0 aromatic heterocycles. The SMILES string of the molecule is COc1ccc(/C=C/C23NC(=O)CCN2c2ccc(C)cc2C3(C)C)c(OC)c1. The molecule has 2 aromatic carbocycles. The summed E-state index contributed by atoms with van der Waals surface area (Å²) in [6.07, 6.45) is 4.64. The Morgan fingerprint density at radius 1 is 1.10 bits per heavy atom. The standard InChI is InChI=1S/C24H28N2O3/c1-16-6-9-20-19(14-16)23(2,3)24(25-22(27)11-13-26(20)24)12-10-17-7-8-18(28-4)15-21(17)29-5/h6-10,12,14-15H,11,13H2,1-5H3,(H,25,27)/b12-10+. The van der Waals surface area contributed by atoms with Gasteiger partial charge in [0, 0.05) is 35.7 Å². The van der Waals surface area contributed by atoms with Crippen molar-refractivity contribution in [2.45, 2.75) is 38.3 Å². The van der Waals surface area contributed by atoms with E-state index in [9.17, 15) is 4.79 Å². The monoisotopic (exact) mass is 392 g/mol. The second-order valence-corrected chi connectivity index (χ2v) is 8.30. The van der Waals surface area contributed by atoms with E-state index < -0.39 is 5.66 Å². The Labute approximate surface area is 172 Å². The molecule has 1 saturated heterocycles. The number of hydrogen-bond donors (Lipinski definition) is 1. The zero-order valence-electron chi connectivity index (χ0n) is 17.7. The van der Waals surface area contributed by atoms with E-state index in [2.05, 4.69) is 55.3 Å². The summed E-state index contributed by atoms with van der Waals surface area (Å²) in [7, 11) is 3.29. The van der Waals surface area contributed by atoms with Crippen LogP contribution in [0.5, 0.6) is 11.5 Å². The fourth-order valence-electron chi connectivity index (χ4n) is 4.63. The topological polar surface area (TPSA) is 50.8 Å². The minimum absolute atomic E-state index is 0.0743. The predicted molar refractivity (Wildman–Crippen MR) is 116 cm³/mol. The van der Waals surface area contributed by atoms with Crippen LogP contribution in [0, 0.1) is 6.92 Å². The van der Waals surface area contributed by atoms with Gasteiger partial charge in [-0.15, -0.1) is 0 Å². The third-order valence-corrected chi connectivity index (χ3v) is 6.33. The molecular weight excluding hydrogens is 364 g/mol. The van der Waals surface area contributed by atoms with Gasteiger partial charge >= 0.3 is 0 Å². The molecule has 0 radical (unpaired) electrons. The molecule has 1 amide bonds. The van der Waals surface area contributed by atoms with E-state index in [0.717, 1.165) is 17.1 Å². The summed E-state index contributed by atoms with van der Waals surface area (Å²) < 4.78 is 10.9. The summed E-state index contributed by atoms with van der Waals surface area (Å²) in [5.41, 5.74) is 3.66. The van der Waals surface area contributed by atoms with E-state index in [0.29, 0.717) is 13.0 Å². The van der Waals surface area contributed by atoms with Crippen molar-refractivity contribution in [3.05, 3.63) is 59.2 Å². The van der Waals surface area contributed by atoms with Crippen LogP contribution < -0.4 is 19.7 Å². The van der Waals surface area contributed by atoms with Crippen LogP contribution in [0.25, 0.3) is 6.08 Å². The van der Waals surface area contributed by atoms with Crippen LogP contribution in [0.2, 0.25) is 0 Å². The first-order valence-electron chi connectivity index (χ1n) is 9.93. The number of fused-ring (bicyclic) bond motifs is 3. The van der Waals surface area contributed by atoms with E-state index >= 15 is 0 Å². The van der Waals surface area contributed by atoms with Gasteiger partial charge in [0.1, 0.15) is 17.2 Å². The highest BCUT2D eigenvalue weighted by Crippen LogP contribution is 2.52. The number of nitrogens with zero attached hydrogens (tertiary/aromatic N) is 1. The van der Waals surface area contributed by atoms with Gasteiger partial charge in [-0.3, -0.25) is 4.79 Å². The number of rotatable bonds is 4. The molecule has 1 N–H and O–H groups in total. The average molecular weight is 392 g/mol. The van der Waals surface area contributed by atoms with Gasteiger partial charge in [0.2, 0.25) is 5.91 Å². The molecule has 2 heterocycles. The van der Waals surface area contributed by atoms with Crippen molar-refractivity contribution in [2.24, 2.45) is 0 Å². The highest BCUT2D eigenvalue weighted by Gasteiger charge is 2.57. The normalized spacial score (nSPS) is 22.2. The van der Waals surface area contributed by atoms with Crippen LogP contribution in [-0.4, -0.2) is 32.3 Å². The molecule has 0 saturated carbocycles. The molecule has 2 aliphatic heterocycles. The fourth-order valence-corrected chi connectivity index (χ4v) is 4.63. The minimum Gasteiger partial charge on any atom is -0.497 e. The van der Waals surface area contributed by atoms with Crippen molar-refractivity contribution in [3.8, 4) is 11.5 Å². The minimum atomic E-state index is -0.636. The molecule has 2 aromatic rings. The van der Waals surface area contributed by atoms with E-state index in [1.54, 1.807) is 14.2 Å². The summed E-state index contributed by atoms with van der Waals surface area (Å²) in [6, 6.07) is 12.3. The zero-order chi connectivity index (χ0) is 20.8. The van der Waals surface area contributed by atoms with Gasteiger partial charge in [-0.05, 0) is 36.8 Å². The summed E-state index contributed by atoms with van der Waals surface area (Å²) in [5.74, 6) is 1.55. The number of aryl methyl sites for hydroxylation is 1. The largest absolute Gasteiger partial charge is 0.497 e. The summed E-state index contributed by atoms with van der Waals surface area (Å²) in [4.78, 5) is 14.9. The van der Waals surface area contributed by atoms with Crippen LogP contribution >= 0.6 is 0 Å². The van der Waals surface area contributed by atoms with Crippen LogP contribution in [0.3, 0.4) is 0 Å². The molecule has 5 nitrogen and oxygen atoms in total. The molecule has 0 spiro atoms. The maximum atomic E-state index is 12.5. The number of carbonyl (C=O) groups excluding carboxylic acids is 1. The highest BCUT2D eigenvalue weighted by atomic mass is 16.5. The number of ether oxygens (including phenoxy) is 2. The van der Waals surface area contributed by atoms with Gasteiger partial charge in [-0.1, -0.05) is 37.6 Å². The first-order chi connectivity index (χ1) is 13.8. The second kappa shape index (κ2) is 6.83. The number of carbonyl (C=O) groups is 1. The summed E-state index contributed by atoms with van der Waals surface area (Å²) >= 11 is 0. The van der Waals surface area contributed by atoms with E-state index in [-0.39, 0.29) is 11.3 Å². The van der Waals surface area contributed by atoms with Gasteiger partial charge in [-0.25, -0.2) is 0 Å². The Bertz CT molecular complexity index is 996. The lowest BCUT2D eigenvalue weighted by molar-refractivity contribution is -0.124. The van der Waals surface area contributed by atoms with E-state index in [4.69, 9.17) is 9.47 Å². The second-order valence-electron chi connectivity index (χ2n) is 8.30. The summed E-state index contributed by atoms with van der Waals surface area (Å²) in [5, 5.41) is 3.31. The highest BCUT2D eigenvalue weighted by molar-refractivity contribution is 5.85. The quantitative estimate of drug-likeness (QED) is 0.853. The Kier molecular flexibility index (Phi) is 4.56. The van der Waals surface area contributed by atoms with Crippen LogP contribution in [0.4, 0.5) is 5.69 Å². The first kappa shape index (κ1) is 19.4. The van der Waals surface area contributed by atoms with Gasteiger partial charge in [0.05, 0.1) is 14.2 Å². The molecule has 1 fully saturated rings. The third kappa shape index (κ3) is 2.87. The summed E-state index contributed by atoms with van der Waals surface area (Å²) in [6.45, 7) is 7.20. The van der Waals surface area contributed by atoms with Crippen LogP contribution in [0.15, 0.2) is 42.5 Å². The number of hydrogen-bond acceptors (Lipinski definition) is 4.